The Morgan fingerprint density at radius 2 is 1.79 bits per heavy atom. The van der Waals surface area contributed by atoms with Gasteiger partial charge in [-0.3, -0.25) is 4.57 Å². The van der Waals surface area contributed by atoms with Gasteiger partial charge in [-0.1, -0.05) is 0 Å². The number of anilines is 1. The highest BCUT2D eigenvalue weighted by Gasteiger charge is 2.15. The predicted octanol–water partition coefficient (Wildman–Crippen LogP) is 2.13. The fourth-order valence-corrected chi connectivity index (χ4v) is 2.52. The van der Waals surface area contributed by atoms with Crippen molar-refractivity contribution in [2.75, 3.05) is 18.0 Å². The SMILES string of the molecule is N#Cc1cc(-n2cnnc2)ccc1N1CCCCC1. The van der Waals surface area contributed by atoms with E-state index in [1.165, 1.54) is 19.3 Å². The number of nitriles is 1. The summed E-state index contributed by atoms with van der Waals surface area (Å²) in [5.74, 6) is 0. The minimum atomic E-state index is 0.716. The van der Waals surface area contributed by atoms with E-state index < -0.39 is 0 Å². The Hall–Kier alpha value is -2.35. The molecule has 0 amide bonds. The van der Waals surface area contributed by atoms with Crippen LogP contribution in [0.5, 0.6) is 0 Å². The first-order chi connectivity index (χ1) is 9.38. The molecule has 0 radical (unpaired) electrons. The summed E-state index contributed by atoms with van der Waals surface area (Å²) in [4.78, 5) is 2.30. The Morgan fingerprint density at radius 1 is 1.05 bits per heavy atom. The van der Waals surface area contributed by atoms with Gasteiger partial charge in [0.05, 0.1) is 11.3 Å². The molecule has 3 rings (SSSR count). The van der Waals surface area contributed by atoms with E-state index in [9.17, 15) is 5.26 Å². The highest BCUT2D eigenvalue weighted by atomic mass is 15.2. The van der Waals surface area contributed by atoms with Crippen molar-refractivity contribution >= 4 is 5.69 Å². The largest absolute Gasteiger partial charge is 0.370 e. The molecule has 5 heteroatoms. The van der Waals surface area contributed by atoms with Crippen molar-refractivity contribution in [3.05, 3.63) is 36.4 Å². The lowest BCUT2D eigenvalue weighted by Gasteiger charge is -2.29. The van der Waals surface area contributed by atoms with Gasteiger partial charge in [0.1, 0.15) is 18.7 Å². The maximum absolute atomic E-state index is 9.35. The van der Waals surface area contributed by atoms with Crippen molar-refractivity contribution in [1.29, 1.82) is 5.26 Å². The number of piperidine rings is 1. The van der Waals surface area contributed by atoms with Gasteiger partial charge in [-0.05, 0) is 37.5 Å². The van der Waals surface area contributed by atoms with Gasteiger partial charge in [-0.2, -0.15) is 5.26 Å². The van der Waals surface area contributed by atoms with E-state index in [2.05, 4.69) is 21.2 Å². The van der Waals surface area contributed by atoms with Crippen molar-refractivity contribution in [3.8, 4) is 11.8 Å². The first-order valence-corrected chi connectivity index (χ1v) is 6.52. The number of nitrogens with zero attached hydrogens (tertiary/aromatic N) is 5. The van der Waals surface area contributed by atoms with Crippen molar-refractivity contribution in [1.82, 2.24) is 14.8 Å². The lowest BCUT2D eigenvalue weighted by atomic mass is 10.1. The Bertz CT molecular complexity index is 591. The molecule has 1 aromatic carbocycles. The molecule has 5 nitrogen and oxygen atoms in total. The number of hydrogen-bond acceptors (Lipinski definition) is 4. The van der Waals surface area contributed by atoms with E-state index in [0.717, 1.165) is 24.5 Å². The molecule has 0 unspecified atom stereocenters. The van der Waals surface area contributed by atoms with E-state index in [0.29, 0.717) is 5.56 Å². The third kappa shape index (κ3) is 2.29. The summed E-state index contributed by atoms with van der Waals surface area (Å²) in [6.45, 7) is 2.08. The molecule has 2 aromatic rings. The van der Waals surface area contributed by atoms with Crippen LogP contribution in [0.4, 0.5) is 5.69 Å². The predicted molar refractivity (Wildman–Crippen MR) is 72.1 cm³/mol. The Balaban J connectivity index is 1.96. The molecule has 1 aliphatic rings. The van der Waals surface area contributed by atoms with Gasteiger partial charge < -0.3 is 4.90 Å². The topological polar surface area (TPSA) is 57.7 Å². The molecule has 0 bridgehead atoms. The van der Waals surface area contributed by atoms with Crippen LogP contribution in [-0.2, 0) is 0 Å². The maximum Gasteiger partial charge on any atom is 0.123 e. The highest BCUT2D eigenvalue weighted by molar-refractivity contribution is 5.63. The third-order valence-electron chi connectivity index (χ3n) is 3.51. The first kappa shape index (κ1) is 11.7. The fraction of sp³-hybridized carbons (Fsp3) is 0.357. The molecule has 19 heavy (non-hydrogen) atoms. The molecule has 0 spiro atoms. The third-order valence-corrected chi connectivity index (χ3v) is 3.51. The van der Waals surface area contributed by atoms with Crippen molar-refractivity contribution < 1.29 is 0 Å². The van der Waals surface area contributed by atoms with Gasteiger partial charge in [-0.25, -0.2) is 0 Å². The molecule has 0 atom stereocenters. The van der Waals surface area contributed by atoms with Crippen LogP contribution in [-0.4, -0.2) is 27.9 Å². The van der Waals surface area contributed by atoms with Crippen molar-refractivity contribution in [3.63, 3.8) is 0 Å². The molecule has 2 heterocycles. The second-order valence-electron chi connectivity index (χ2n) is 4.73. The average molecular weight is 253 g/mol. The summed E-state index contributed by atoms with van der Waals surface area (Å²) in [5.41, 5.74) is 2.68. The summed E-state index contributed by atoms with van der Waals surface area (Å²) < 4.78 is 1.81. The van der Waals surface area contributed by atoms with Gasteiger partial charge in [0.15, 0.2) is 0 Å². The zero-order valence-electron chi connectivity index (χ0n) is 10.7. The van der Waals surface area contributed by atoms with E-state index in [4.69, 9.17) is 0 Å². The molecule has 0 N–H and O–H groups in total. The molecule has 1 aliphatic heterocycles. The number of rotatable bonds is 2. The van der Waals surface area contributed by atoms with Crippen LogP contribution in [0.1, 0.15) is 24.8 Å². The van der Waals surface area contributed by atoms with E-state index in [-0.39, 0.29) is 0 Å². The van der Waals surface area contributed by atoms with E-state index in [1.54, 1.807) is 17.2 Å². The van der Waals surface area contributed by atoms with Gasteiger partial charge >= 0.3 is 0 Å². The Kier molecular flexibility index (Phi) is 3.15. The van der Waals surface area contributed by atoms with Crippen LogP contribution in [0.25, 0.3) is 5.69 Å². The van der Waals surface area contributed by atoms with Crippen LogP contribution >= 0.6 is 0 Å². The molecule has 1 saturated heterocycles. The summed E-state index contributed by atoms with van der Waals surface area (Å²) in [6.07, 6.45) is 6.97. The van der Waals surface area contributed by atoms with Crippen molar-refractivity contribution in [2.45, 2.75) is 19.3 Å². The van der Waals surface area contributed by atoms with Gasteiger partial charge in [0, 0.05) is 18.8 Å². The molecular formula is C14H15N5. The Morgan fingerprint density at radius 3 is 2.47 bits per heavy atom. The van der Waals surface area contributed by atoms with Crippen LogP contribution in [0.15, 0.2) is 30.9 Å². The van der Waals surface area contributed by atoms with Crippen LogP contribution in [0.2, 0.25) is 0 Å². The summed E-state index contributed by atoms with van der Waals surface area (Å²) in [7, 11) is 0. The lowest BCUT2D eigenvalue weighted by Crippen LogP contribution is -2.30. The normalized spacial score (nSPS) is 15.2. The number of hydrogen-bond donors (Lipinski definition) is 0. The first-order valence-electron chi connectivity index (χ1n) is 6.52. The summed E-state index contributed by atoms with van der Waals surface area (Å²) in [5, 5.41) is 16.9. The van der Waals surface area contributed by atoms with Crippen LogP contribution < -0.4 is 4.90 Å². The molecular weight excluding hydrogens is 238 g/mol. The fourth-order valence-electron chi connectivity index (χ4n) is 2.52. The van der Waals surface area contributed by atoms with E-state index in [1.807, 2.05) is 18.2 Å². The summed E-state index contributed by atoms with van der Waals surface area (Å²) in [6, 6.07) is 8.23. The molecule has 1 aromatic heterocycles. The smallest absolute Gasteiger partial charge is 0.123 e. The minimum Gasteiger partial charge on any atom is -0.370 e. The Labute approximate surface area is 112 Å². The molecule has 1 fully saturated rings. The minimum absolute atomic E-state index is 0.716. The quantitative estimate of drug-likeness (QED) is 0.822. The second kappa shape index (κ2) is 5.11. The molecule has 0 aliphatic carbocycles. The molecule has 96 valence electrons. The lowest BCUT2D eigenvalue weighted by molar-refractivity contribution is 0.577. The zero-order chi connectivity index (χ0) is 13.1. The number of aromatic nitrogens is 3. The van der Waals surface area contributed by atoms with Crippen LogP contribution in [0, 0.1) is 11.3 Å². The summed E-state index contributed by atoms with van der Waals surface area (Å²) >= 11 is 0. The monoisotopic (exact) mass is 253 g/mol. The van der Waals surface area contributed by atoms with Gasteiger partial charge in [0.2, 0.25) is 0 Å². The highest BCUT2D eigenvalue weighted by Crippen LogP contribution is 2.25. The van der Waals surface area contributed by atoms with Gasteiger partial charge in [0.25, 0.3) is 0 Å². The van der Waals surface area contributed by atoms with Gasteiger partial charge in [-0.15, -0.1) is 10.2 Å². The second-order valence-corrected chi connectivity index (χ2v) is 4.73. The zero-order valence-corrected chi connectivity index (χ0v) is 10.7. The van der Waals surface area contributed by atoms with E-state index >= 15 is 0 Å². The average Bonchev–Trinajstić information content (AvgIpc) is 3.02. The maximum atomic E-state index is 9.35. The standard InChI is InChI=1S/C14H15N5/c15-9-12-8-13(19-10-16-17-11-19)4-5-14(12)18-6-2-1-3-7-18/h4-5,8,10-11H,1-3,6-7H2. The number of benzene rings is 1. The molecule has 0 saturated carbocycles. The van der Waals surface area contributed by atoms with Crippen molar-refractivity contribution in [2.24, 2.45) is 0 Å². The van der Waals surface area contributed by atoms with Crippen LogP contribution in [0.3, 0.4) is 0 Å².